The minimum Gasteiger partial charge on any atom is -0.294 e. The number of rotatable bonds is 3. The fraction of sp³-hybridized carbons (Fsp3) is 0.417. The summed E-state index contributed by atoms with van der Waals surface area (Å²) in [5.74, 6) is 3.32. The monoisotopic (exact) mass is 206 g/mol. The Morgan fingerprint density at radius 1 is 1.36 bits per heavy atom. The van der Waals surface area contributed by atoms with Gasteiger partial charge in [-0.1, -0.05) is 30.3 Å². The van der Waals surface area contributed by atoms with Gasteiger partial charge in [-0.05, 0) is 23.8 Å². The van der Waals surface area contributed by atoms with Gasteiger partial charge >= 0.3 is 0 Å². The molecule has 0 saturated carbocycles. The minimum absolute atomic E-state index is 0.304. The van der Waals surface area contributed by atoms with Crippen LogP contribution in [0.25, 0.3) is 0 Å². The van der Waals surface area contributed by atoms with Crippen LogP contribution in [0.4, 0.5) is 0 Å². The third-order valence-corrected chi connectivity index (χ3v) is 3.83. The molecule has 1 aromatic carbocycles. The highest BCUT2D eigenvalue weighted by Crippen LogP contribution is 2.27. The van der Waals surface area contributed by atoms with Crippen molar-refractivity contribution < 1.29 is 4.79 Å². The van der Waals surface area contributed by atoms with Crippen molar-refractivity contribution in [3.05, 3.63) is 35.9 Å². The summed E-state index contributed by atoms with van der Waals surface area (Å²) in [4.78, 5) is 11.8. The Labute approximate surface area is 88.9 Å². The van der Waals surface area contributed by atoms with Gasteiger partial charge in [0.05, 0.1) is 0 Å². The van der Waals surface area contributed by atoms with Crippen LogP contribution in [-0.4, -0.2) is 17.3 Å². The Morgan fingerprint density at radius 3 is 2.79 bits per heavy atom. The summed E-state index contributed by atoms with van der Waals surface area (Å²) in [5, 5.41) is 0. The SMILES string of the molecule is O=C(C[C@@H]1CCSC1)c1ccccc1. The summed E-state index contributed by atoms with van der Waals surface area (Å²) in [5.41, 5.74) is 0.865. The van der Waals surface area contributed by atoms with Crippen molar-refractivity contribution in [3.63, 3.8) is 0 Å². The lowest BCUT2D eigenvalue weighted by molar-refractivity contribution is 0.0966. The van der Waals surface area contributed by atoms with E-state index in [2.05, 4.69) is 0 Å². The number of Topliss-reactive ketones (excluding diaryl/α,β-unsaturated/α-hetero) is 1. The van der Waals surface area contributed by atoms with Gasteiger partial charge in [-0.3, -0.25) is 4.79 Å². The molecule has 74 valence electrons. The van der Waals surface area contributed by atoms with Crippen molar-refractivity contribution in [1.82, 2.24) is 0 Å². The van der Waals surface area contributed by atoms with Crippen LogP contribution in [0.5, 0.6) is 0 Å². The molecule has 1 nitrogen and oxygen atoms in total. The van der Waals surface area contributed by atoms with E-state index >= 15 is 0 Å². The zero-order valence-electron chi connectivity index (χ0n) is 8.11. The second kappa shape index (κ2) is 4.65. The molecular weight excluding hydrogens is 192 g/mol. The predicted octanol–water partition coefficient (Wildman–Crippen LogP) is 3.01. The number of benzene rings is 1. The molecule has 2 rings (SSSR count). The fourth-order valence-electron chi connectivity index (χ4n) is 1.75. The van der Waals surface area contributed by atoms with Crippen LogP contribution >= 0.6 is 11.8 Å². The van der Waals surface area contributed by atoms with Crippen LogP contribution < -0.4 is 0 Å². The fourth-order valence-corrected chi connectivity index (χ4v) is 3.03. The van der Waals surface area contributed by atoms with E-state index in [9.17, 15) is 4.79 Å². The molecule has 1 aliphatic rings. The standard InChI is InChI=1S/C12H14OS/c13-12(8-10-6-7-14-9-10)11-4-2-1-3-5-11/h1-5,10H,6-9H2/t10-/m0/s1. The Morgan fingerprint density at radius 2 is 2.14 bits per heavy atom. The van der Waals surface area contributed by atoms with Crippen molar-refractivity contribution in [3.8, 4) is 0 Å². The molecule has 1 saturated heterocycles. The molecule has 1 atom stereocenters. The molecule has 0 spiro atoms. The summed E-state index contributed by atoms with van der Waals surface area (Å²) in [6, 6.07) is 9.62. The molecule has 1 aromatic rings. The van der Waals surface area contributed by atoms with Crippen LogP contribution in [0, 0.1) is 5.92 Å². The number of ketones is 1. The van der Waals surface area contributed by atoms with Gasteiger partial charge in [0, 0.05) is 12.0 Å². The predicted molar refractivity (Wildman–Crippen MR) is 60.8 cm³/mol. The molecular formula is C12H14OS. The average Bonchev–Trinajstić information content (AvgIpc) is 2.72. The molecule has 1 heterocycles. The van der Waals surface area contributed by atoms with Crippen LogP contribution in [0.2, 0.25) is 0 Å². The number of hydrogen-bond donors (Lipinski definition) is 0. The third-order valence-electron chi connectivity index (χ3n) is 2.59. The molecule has 2 heteroatoms. The molecule has 1 aliphatic heterocycles. The minimum atomic E-state index is 0.304. The van der Waals surface area contributed by atoms with Gasteiger partial charge in [0.1, 0.15) is 0 Å². The van der Waals surface area contributed by atoms with E-state index in [1.807, 2.05) is 42.1 Å². The first-order valence-electron chi connectivity index (χ1n) is 5.02. The number of carbonyl (C=O) groups excluding carboxylic acids is 1. The Hall–Kier alpha value is -0.760. The zero-order chi connectivity index (χ0) is 9.80. The van der Waals surface area contributed by atoms with Gasteiger partial charge in [0.15, 0.2) is 5.78 Å². The normalized spacial score (nSPS) is 21.0. The smallest absolute Gasteiger partial charge is 0.163 e. The number of thioether (sulfide) groups is 1. The molecule has 0 amide bonds. The lowest BCUT2D eigenvalue weighted by Crippen LogP contribution is -2.07. The third kappa shape index (κ3) is 2.38. The highest BCUT2D eigenvalue weighted by molar-refractivity contribution is 7.99. The van der Waals surface area contributed by atoms with Crippen molar-refractivity contribution in [1.29, 1.82) is 0 Å². The number of carbonyl (C=O) groups is 1. The van der Waals surface area contributed by atoms with Crippen LogP contribution in [-0.2, 0) is 0 Å². The summed E-state index contributed by atoms with van der Waals surface area (Å²) >= 11 is 1.97. The first-order valence-corrected chi connectivity index (χ1v) is 6.18. The van der Waals surface area contributed by atoms with Gasteiger partial charge < -0.3 is 0 Å². The molecule has 0 N–H and O–H groups in total. The largest absolute Gasteiger partial charge is 0.294 e. The first-order chi connectivity index (χ1) is 6.86. The Balaban J connectivity index is 1.95. The van der Waals surface area contributed by atoms with Gasteiger partial charge in [0.25, 0.3) is 0 Å². The molecule has 0 radical (unpaired) electrons. The maximum Gasteiger partial charge on any atom is 0.163 e. The van der Waals surface area contributed by atoms with E-state index in [-0.39, 0.29) is 0 Å². The van der Waals surface area contributed by atoms with Crippen LogP contribution in [0.3, 0.4) is 0 Å². The van der Waals surface area contributed by atoms with E-state index in [4.69, 9.17) is 0 Å². The Kier molecular flexibility index (Phi) is 3.25. The molecule has 0 aliphatic carbocycles. The summed E-state index contributed by atoms with van der Waals surface area (Å²) in [6.45, 7) is 0. The second-order valence-corrected chi connectivity index (χ2v) is 4.87. The van der Waals surface area contributed by atoms with Crippen molar-refractivity contribution >= 4 is 17.5 Å². The van der Waals surface area contributed by atoms with E-state index in [0.29, 0.717) is 11.7 Å². The maximum atomic E-state index is 11.8. The van der Waals surface area contributed by atoms with E-state index in [1.165, 1.54) is 17.9 Å². The van der Waals surface area contributed by atoms with Gasteiger partial charge in [-0.15, -0.1) is 0 Å². The molecule has 0 unspecified atom stereocenters. The Bertz CT molecular complexity index is 301. The van der Waals surface area contributed by atoms with Gasteiger partial charge in [0.2, 0.25) is 0 Å². The quantitative estimate of drug-likeness (QED) is 0.707. The number of hydrogen-bond acceptors (Lipinski definition) is 2. The van der Waals surface area contributed by atoms with E-state index in [1.54, 1.807) is 0 Å². The van der Waals surface area contributed by atoms with Crippen LogP contribution in [0.15, 0.2) is 30.3 Å². The first kappa shape index (κ1) is 9.78. The highest BCUT2D eigenvalue weighted by atomic mass is 32.2. The molecule has 0 aromatic heterocycles. The van der Waals surface area contributed by atoms with Gasteiger partial charge in [-0.25, -0.2) is 0 Å². The zero-order valence-corrected chi connectivity index (χ0v) is 8.93. The topological polar surface area (TPSA) is 17.1 Å². The van der Waals surface area contributed by atoms with Crippen molar-refractivity contribution in [2.75, 3.05) is 11.5 Å². The highest BCUT2D eigenvalue weighted by Gasteiger charge is 2.19. The molecule has 0 bridgehead atoms. The van der Waals surface area contributed by atoms with E-state index in [0.717, 1.165) is 12.0 Å². The van der Waals surface area contributed by atoms with E-state index < -0.39 is 0 Å². The van der Waals surface area contributed by atoms with Crippen molar-refractivity contribution in [2.24, 2.45) is 5.92 Å². The lowest BCUT2D eigenvalue weighted by atomic mass is 9.98. The lowest BCUT2D eigenvalue weighted by Gasteiger charge is -2.06. The average molecular weight is 206 g/mol. The molecule has 1 fully saturated rings. The molecule has 14 heavy (non-hydrogen) atoms. The van der Waals surface area contributed by atoms with Crippen LogP contribution in [0.1, 0.15) is 23.2 Å². The second-order valence-electron chi connectivity index (χ2n) is 3.72. The maximum absolute atomic E-state index is 11.8. The van der Waals surface area contributed by atoms with Gasteiger partial charge in [-0.2, -0.15) is 11.8 Å². The van der Waals surface area contributed by atoms with Crippen molar-refractivity contribution in [2.45, 2.75) is 12.8 Å². The summed E-state index contributed by atoms with van der Waals surface area (Å²) in [6.07, 6.45) is 1.94. The summed E-state index contributed by atoms with van der Waals surface area (Å²) in [7, 11) is 0. The summed E-state index contributed by atoms with van der Waals surface area (Å²) < 4.78 is 0.